The highest BCUT2D eigenvalue weighted by Gasteiger charge is 2.29. The van der Waals surface area contributed by atoms with Crippen LogP contribution in [-0.2, 0) is 18.4 Å². The zero-order chi connectivity index (χ0) is 13.9. The van der Waals surface area contributed by atoms with Crippen molar-refractivity contribution in [1.29, 1.82) is 0 Å². The topological polar surface area (TPSA) is 71.8 Å². The Hall–Kier alpha value is -2.37. The Kier molecular flexibility index (Phi) is 3.37. The molecule has 2 N–H and O–H groups in total. The van der Waals surface area contributed by atoms with Gasteiger partial charge in [-0.3, -0.25) is 9.48 Å². The Morgan fingerprint density at radius 1 is 1.40 bits per heavy atom. The van der Waals surface area contributed by atoms with Crippen molar-refractivity contribution in [3.63, 3.8) is 0 Å². The third kappa shape index (κ3) is 2.96. The number of hydrogen-bond donors (Lipinski definition) is 2. The molecule has 1 fully saturated rings. The van der Waals surface area contributed by atoms with Crippen LogP contribution in [0, 0.1) is 5.92 Å². The minimum absolute atomic E-state index is 0.123. The van der Waals surface area contributed by atoms with Gasteiger partial charge in [0.2, 0.25) is 5.91 Å². The summed E-state index contributed by atoms with van der Waals surface area (Å²) < 4.78 is 1.73. The maximum atomic E-state index is 11.7. The summed E-state index contributed by atoms with van der Waals surface area (Å²) in [4.78, 5) is 11.7. The molecule has 1 aromatic carbocycles. The molecule has 1 aromatic heterocycles. The van der Waals surface area contributed by atoms with Gasteiger partial charge >= 0.3 is 0 Å². The third-order valence-corrected chi connectivity index (χ3v) is 3.36. The lowest BCUT2D eigenvalue weighted by Gasteiger charge is -2.09. The molecule has 0 saturated heterocycles. The van der Waals surface area contributed by atoms with E-state index < -0.39 is 0 Å². The summed E-state index contributed by atoms with van der Waals surface area (Å²) in [7, 11) is 1.86. The van der Waals surface area contributed by atoms with Gasteiger partial charge in [-0.05, 0) is 31.0 Å². The predicted octanol–water partition coefficient (Wildman–Crippen LogP) is 1.78. The van der Waals surface area contributed by atoms with Gasteiger partial charge < -0.3 is 10.6 Å². The molecule has 1 heterocycles. The zero-order valence-corrected chi connectivity index (χ0v) is 11.3. The van der Waals surface area contributed by atoms with E-state index in [0.29, 0.717) is 6.54 Å². The van der Waals surface area contributed by atoms with E-state index in [2.05, 4.69) is 20.9 Å². The SMILES string of the molecule is Cn1nncc1CNc1cccc(NC(=O)C2CC2)c1. The van der Waals surface area contributed by atoms with E-state index in [1.807, 2.05) is 31.3 Å². The number of rotatable bonds is 5. The zero-order valence-electron chi connectivity index (χ0n) is 11.3. The van der Waals surface area contributed by atoms with Gasteiger partial charge in [0.15, 0.2) is 0 Å². The van der Waals surface area contributed by atoms with Crippen molar-refractivity contribution in [2.45, 2.75) is 19.4 Å². The van der Waals surface area contributed by atoms with Gasteiger partial charge in [-0.25, -0.2) is 0 Å². The molecule has 2 aromatic rings. The Balaban J connectivity index is 1.62. The molecule has 0 aliphatic heterocycles. The quantitative estimate of drug-likeness (QED) is 0.869. The van der Waals surface area contributed by atoms with E-state index in [1.165, 1.54) is 0 Å². The summed E-state index contributed by atoms with van der Waals surface area (Å²) >= 11 is 0. The van der Waals surface area contributed by atoms with Crippen molar-refractivity contribution in [3.05, 3.63) is 36.2 Å². The smallest absolute Gasteiger partial charge is 0.227 e. The number of benzene rings is 1. The molecule has 104 valence electrons. The first-order valence-corrected chi connectivity index (χ1v) is 6.71. The standard InChI is InChI=1S/C14H17N5O/c1-19-13(9-16-18-19)8-15-11-3-2-4-12(7-11)17-14(20)10-5-6-10/h2-4,7,9-10,15H,5-6,8H2,1H3,(H,17,20). The Bertz CT molecular complexity index is 618. The number of carbonyl (C=O) groups is 1. The van der Waals surface area contributed by atoms with Crippen LogP contribution in [0.5, 0.6) is 0 Å². The molecule has 0 bridgehead atoms. The number of aryl methyl sites for hydroxylation is 1. The van der Waals surface area contributed by atoms with Crippen LogP contribution in [0.25, 0.3) is 0 Å². The summed E-state index contributed by atoms with van der Waals surface area (Å²) in [5.41, 5.74) is 2.78. The van der Waals surface area contributed by atoms with Crippen molar-refractivity contribution in [2.24, 2.45) is 13.0 Å². The van der Waals surface area contributed by atoms with Crippen molar-refractivity contribution in [3.8, 4) is 0 Å². The normalized spacial score (nSPS) is 14.1. The first-order chi connectivity index (χ1) is 9.72. The second-order valence-electron chi connectivity index (χ2n) is 5.05. The molecule has 0 radical (unpaired) electrons. The fourth-order valence-electron chi connectivity index (χ4n) is 1.96. The summed E-state index contributed by atoms with van der Waals surface area (Å²) in [6, 6.07) is 7.73. The summed E-state index contributed by atoms with van der Waals surface area (Å²) in [5.74, 6) is 0.338. The molecular weight excluding hydrogens is 254 g/mol. The minimum Gasteiger partial charge on any atom is -0.379 e. The van der Waals surface area contributed by atoms with E-state index in [1.54, 1.807) is 10.9 Å². The van der Waals surface area contributed by atoms with E-state index >= 15 is 0 Å². The fraction of sp³-hybridized carbons (Fsp3) is 0.357. The van der Waals surface area contributed by atoms with Gasteiger partial charge in [-0.15, -0.1) is 5.10 Å². The maximum Gasteiger partial charge on any atom is 0.227 e. The van der Waals surface area contributed by atoms with Crippen LogP contribution >= 0.6 is 0 Å². The Morgan fingerprint density at radius 2 is 2.20 bits per heavy atom. The molecule has 0 atom stereocenters. The van der Waals surface area contributed by atoms with Gasteiger partial charge in [-0.1, -0.05) is 11.3 Å². The second-order valence-corrected chi connectivity index (χ2v) is 5.05. The summed E-state index contributed by atoms with van der Waals surface area (Å²) in [5, 5.41) is 13.9. The first kappa shape index (κ1) is 12.7. The number of nitrogens with zero attached hydrogens (tertiary/aromatic N) is 3. The monoisotopic (exact) mass is 271 g/mol. The largest absolute Gasteiger partial charge is 0.379 e. The predicted molar refractivity (Wildman–Crippen MR) is 76.1 cm³/mol. The third-order valence-electron chi connectivity index (χ3n) is 3.36. The molecule has 0 spiro atoms. The highest BCUT2D eigenvalue weighted by Crippen LogP contribution is 2.30. The molecule has 3 rings (SSSR count). The number of nitrogens with one attached hydrogen (secondary N) is 2. The average Bonchev–Trinajstić information content (AvgIpc) is 3.21. The van der Waals surface area contributed by atoms with Crippen LogP contribution < -0.4 is 10.6 Å². The molecule has 1 aliphatic carbocycles. The molecule has 6 nitrogen and oxygen atoms in total. The summed E-state index contributed by atoms with van der Waals surface area (Å²) in [6.07, 6.45) is 3.75. The number of carbonyl (C=O) groups excluding carboxylic acids is 1. The molecule has 1 aliphatic rings. The molecule has 6 heteroatoms. The van der Waals surface area contributed by atoms with Crippen LogP contribution in [0.2, 0.25) is 0 Å². The second kappa shape index (κ2) is 5.32. The number of hydrogen-bond acceptors (Lipinski definition) is 4. The van der Waals surface area contributed by atoms with Gasteiger partial charge in [0, 0.05) is 24.3 Å². The first-order valence-electron chi connectivity index (χ1n) is 6.71. The average molecular weight is 271 g/mol. The summed E-state index contributed by atoms with van der Waals surface area (Å²) in [6.45, 7) is 0.642. The Labute approximate surface area is 117 Å². The maximum absolute atomic E-state index is 11.7. The van der Waals surface area contributed by atoms with Crippen molar-refractivity contribution >= 4 is 17.3 Å². The van der Waals surface area contributed by atoms with Crippen LogP contribution in [0.4, 0.5) is 11.4 Å². The molecular formula is C14H17N5O. The van der Waals surface area contributed by atoms with Crippen LogP contribution in [-0.4, -0.2) is 20.9 Å². The number of aromatic nitrogens is 3. The molecule has 0 unspecified atom stereocenters. The molecule has 20 heavy (non-hydrogen) atoms. The van der Waals surface area contributed by atoms with Crippen molar-refractivity contribution in [2.75, 3.05) is 10.6 Å². The number of anilines is 2. The van der Waals surface area contributed by atoms with E-state index in [9.17, 15) is 4.79 Å². The number of amides is 1. The van der Waals surface area contributed by atoms with Gasteiger partial charge in [0.25, 0.3) is 0 Å². The van der Waals surface area contributed by atoms with Gasteiger partial charge in [0.05, 0.1) is 18.4 Å². The van der Waals surface area contributed by atoms with Gasteiger partial charge in [-0.2, -0.15) is 0 Å². The van der Waals surface area contributed by atoms with E-state index in [4.69, 9.17) is 0 Å². The van der Waals surface area contributed by atoms with Gasteiger partial charge in [0.1, 0.15) is 0 Å². The highest BCUT2D eigenvalue weighted by atomic mass is 16.2. The van der Waals surface area contributed by atoms with Crippen molar-refractivity contribution < 1.29 is 4.79 Å². The minimum atomic E-state index is 0.123. The van der Waals surface area contributed by atoms with Crippen LogP contribution in [0.1, 0.15) is 18.5 Å². The molecule has 1 saturated carbocycles. The van der Waals surface area contributed by atoms with E-state index in [0.717, 1.165) is 29.9 Å². The molecule has 1 amide bonds. The lowest BCUT2D eigenvalue weighted by Crippen LogP contribution is -2.13. The lowest BCUT2D eigenvalue weighted by atomic mass is 10.2. The van der Waals surface area contributed by atoms with Crippen molar-refractivity contribution in [1.82, 2.24) is 15.0 Å². The lowest BCUT2D eigenvalue weighted by molar-refractivity contribution is -0.117. The van der Waals surface area contributed by atoms with Crippen LogP contribution in [0.3, 0.4) is 0 Å². The Morgan fingerprint density at radius 3 is 2.90 bits per heavy atom. The van der Waals surface area contributed by atoms with Crippen LogP contribution in [0.15, 0.2) is 30.5 Å². The fourth-order valence-corrected chi connectivity index (χ4v) is 1.96. The highest BCUT2D eigenvalue weighted by molar-refractivity contribution is 5.94. The van der Waals surface area contributed by atoms with E-state index in [-0.39, 0.29) is 11.8 Å².